The molecule has 3 aliphatic heterocycles. The Balaban J connectivity index is 1.68. The van der Waals surface area contributed by atoms with E-state index in [-0.39, 0.29) is 11.4 Å². The molecular formula is C19H21N5O4S. The first-order valence-electron chi connectivity index (χ1n) is 9.11. The number of hydrazone groups is 1. The van der Waals surface area contributed by atoms with Gasteiger partial charge >= 0.3 is 0 Å². The molecule has 0 aliphatic carbocycles. The van der Waals surface area contributed by atoms with Crippen LogP contribution in [0, 0.1) is 5.41 Å². The number of amidine groups is 3. The fraction of sp³-hybridized carbons (Fsp3) is 0.368. The van der Waals surface area contributed by atoms with Gasteiger partial charge in [0.1, 0.15) is 0 Å². The van der Waals surface area contributed by atoms with Gasteiger partial charge in [0.2, 0.25) is 10.9 Å². The van der Waals surface area contributed by atoms with Crippen LogP contribution in [0.3, 0.4) is 0 Å². The van der Waals surface area contributed by atoms with Gasteiger partial charge in [0.15, 0.2) is 22.5 Å². The number of carbonyl (C=O) groups excluding carboxylic acids is 1. The van der Waals surface area contributed by atoms with Crippen molar-refractivity contribution >= 4 is 39.9 Å². The van der Waals surface area contributed by atoms with E-state index in [1.807, 2.05) is 0 Å². The summed E-state index contributed by atoms with van der Waals surface area (Å²) < 4.78 is 16.0. The summed E-state index contributed by atoms with van der Waals surface area (Å²) in [6.07, 6.45) is 3.83. The van der Waals surface area contributed by atoms with E-state index in [0.29, 0.717) is 28.0 Å². The number of amides is 1. The number of thioether (sulfide) groups is 1. The molecule has 9 nitrogen and oxygen atoms in total. The van der Waals surface area contributed by atoms with Gasteiger partial charge in [-0.15, -0.1) is 5.10 Å². The quantitative estimate of drug-likeness (QED) is 0.754. The molecule has 0 saturated carbocycles. The van der Waals surface area contributed by atoms with E-state index in [2.05, 4.69) is 15.0 Å². The van der Waals surface area contributed by atoms with Crippen molar-refractivity contribution in [2.75, 3.05) is 34.4 Å². The topological polar surface area (TPSA) is 99.8 Å². The molecule has 1 amide bonds. The smallest absolute Gasteiger partial charge is 0.283 e. The third-order valence-corrected chi connectivity index (χ3v) is 5.79. The summed E-state index contributed by atoms with van der Waals surface area (Å²) in [6, 6.07) is 3.43. The summed E-state index contributed by atoms with van der Waals surface area (Å²) >= 11 is 1.33. The number of benzene rings is 1. The molecule has 3 aliphatic rings. The van der Waals surface area contributed by atoms with Crippen LogP contribution < -0.4 is 14.2 Å². The molecular weight excluding hydrogens is 394 g/mol. The lowest BCUT2D eigenvalue weighted by Crippen LogP contribution is -2.35. The van der Waals surface area contributed by atoms with E-state index in [4.69, 9.17) is 19.6 Å². The maximum Gasteiger partial charge on any atom is 0.283 e. The highest BCUT2D eigenvalue weighted by molar-refractivity contribution is 8.26. The van der Waals surface area contributed by atoms with Crippen molar-refractivity contribution < 1.29 is 19.0 Å². The van der Waals surface area contributed by atoms with E-state index in [9.17, 15) is 4.79 Å². The summed E-state index contributed by atoms with van der Waals surface area (Å²) in [5.41, 5.74) is 0.775. The van der Waals surface area contributed by atoms with Crippen LogP contribution in [-0.2, 0) is 4.79 Å². The second-order valence-corrected chi connectivity index (χ2v) is 7.49. The van der Waals surface area contributed by atoms with Crippen molar-refractivity contribution in [2.45, 2.75) is 12.8 Å². The molecule has 0 atom stereocenters. The van der Waals surface area contributed by atoms with Gasteiger partial charge in [0, 0.05) is 13.1 Å². The Morgan fingerprint density at radius 3 is 2.31 bits per heavy atom. The standard InChI is InChI=1S/C19H21N5O4S/c1-26-13-9-11(10-14(27-2)15(13)28-3)8-12-16(20)24-18(21-17(12)25)29-19(22-24)23-6-4-5-7-23/h8-10,20H,4-7H2,1-3H3/b12-8+,20-16?. The molecule has 1 saturated heterocycles. The van der Waals surface area contributed by atoms with Crippen LogP contribution in [0.2, 0.25) is 0 Å². The fourth-order valence-corrected chi connectivity index (χ4v) is 4.31. The Hall–Kier alpha value is -3.01. The zero-order chi connectivity index (χ0) is 20.5. The maximum absolute atomic E-state index is 12.6. The van der Waals surface area contributed by atoms with Gasteiger partial charge in [0.25, 0.3) is 5.91 Å². The lowest BCUT2D eigenvalue weighted by Gasteiger charge is -2.20. The summed E-state index contributed by atoms with van der Waals surface area (Å²) in [6.45, 7) is 1.87. The molecule has 1 fully saturated rings. The second kappa shape index (κ2) is 7.78. The van der Waals surface area contributed by atoms with Gasteiger partial charge in [0.05, 0.1) is 26.9 Å². The number of hydrogen-bond donors (Lipinski definition) is 1. The number of nitrogens with one attached hydrogen (secondary N) is 1. The predicted octanol–water partition coefficient (Wildman–Crippen LogP) is 2.38. The molecule has 4 rings (SSSR count). The maximum atomic E-state index is 12.6. The Bertz CT molecular complexity index is 940. The number of hydrogen-bond acceptors (Lipinski definition) is 8. The first kappa shape index (κ1) is 19.3. The normalized spacial score (nSPS) is 20.0. The SMILES string of the molecule is COc1cc(/C=C2\C(=N)N3N=C(N4CCCC4)SC3=NC2=O)cc(OC)c1OC. The summed E-state index contributed by atoms with van der Waals surface area (Å²) in [7, 11) is 4.57. The van der Waals surface area contributed by atoms with E-state index in [1.54, 1.807) is 18.2 Å². The van der Waals surface area contributed by atoms with Crippen LogP contribution in [-0.4, -0.2) is 66.4 Å². The van der Waals surface area contributed by atoms with Crippen LogP contribution >= 0.6 is 11.8 Å². The fourth-order valence-electron chi connectivity index (χ4n) is 3.37. The van der Waals surface area contributed by atoms with Gasteiger partial charge in [-0.2, -0.15) is 10.0 Å². The third kappa shape index (κ3) is 3.44. The Morgan fingerprint density at radius 1 is 1.07 bits per heavy atom. The number of ether oxygens (including phenoxy) is 3. The summed E-state index contributed by atoms with van der Waals surface area (Å²) in [4.78, 5) is 18.9. The third-order valence-electron chi connectivity index (χ3n) is 4.82. The average Bonchev–Trinajstić information content (AvgIpc) is 3.40. The zero-order valence-electron chi connectivity index (χ0n) is 16.4. The molecule has 1 aromatic rings. The largest absolute Gasteiger partial charge is 0.493 e. The van der Waals surface area contributed by atoms with Crippen molar-refractivity contribution in [3.05, 3.63) is 23.3 Å². The molecule has 1 aromatic carbocycles. The van der Waals surface area contributed by atoms with Crippen LogP contribution in [0.25, 0.3) is 6.08 Å². The number of rotatable bonds is 4. The lowest BCUT2D eigenvalue weighted by molar-refractivity contribution is -0.114. The molecule has 1 N–H and O–H groups in total. The molecule has 29 heavy (non-hydrogen) atoms. The van der Waals surface area contributed by atoms with Gasteiger partial charge in [-0.25, -0.2) is 0 Å². The highest BCUT2D eigenvalue weighted by Crippen LogP contribution is 2.39. The van der Waals surface area contributed by atoms with Crippen molar-refractivity contribution in [3.63, 3.8) is 0 Å². The van der Waals surface area contributed by atoms with Gasteiger partial charge in [-0.1, -0.05) is 0 Å². The molecule has 0 aromatic heterocycles. The molecule has 0 radical (unpaired) electrons. The summed E-state index contributed by atoms with van der Waals surface area (Å²) in [5.74, 6) is 0.904. The highest BCUT2D eigenvalue weighted by atomic mass is 32.2. The zero-order valence-corrected chi connectivity index (χ0v) is 17.2. The molecule has 0 unspecified atom stereocenters. The molecule has 0 bridgehead atoms. The molecule has 10 heteroatoms. The summed E-state index contributed by atoms with van der Waals surface area (Å²) in [5, 5.41) is 15.7. The van der Waals surface area contributed by atoms with Gasteiger partial charge in [-0.3, -0.25) is 10.2 Å². The second-order valence-electron chi connectivity index (χ2n) is 6.56. The van der Waals surface area contributed by atoms with E-state index >= 15 is 0 Å². The van der Waals surface area contributed by atoms with Crippen molar-refractivity contribution in [3.8, 4) is 17.2 Å². The number of methoxy groups -OCH3 is 3. The van der Waals surface area contributed by atoms with E-state index < -0.39 is 5.91 Å². The lowest BCUT2D eigenvalue weighted by atomic mass is 10.1. The molecule has 3 heterocycles. The minimum absolute atomic E-state index is 0.00421. The van der Waals surface area contributed by atoms with Crippen molar-refractivity contribution in [1.82, 2.24) is 9.91 Å². The minimum Gasteiger partial charge on any atom is -0.493 e. The first-order valence-corrected chi connectivity index (χ1v) is 9.92. The van der Waals surface area contributed by atoms with Crippen LogP contribution in [0.15, 0.2) is 27.8 Å². The number of nitrogens with zero attached hydrogens (tertiary/aromatic N) is 4. The molecule has 0 spiro atoms. The van der Waals surface area contributed by atoms with Gasteiger partial charge in [-0.05, 0) is 48.4 Å². The van der Waals surface area contributed by atoms with E-state index in [0.717, 1.165) is 31.1 Å². The Labute approximate surface area is 172 Å². The monoisotopic (exact) mass is 415 g/mol. The highest BCUT2D eigenvalue weighted by Gasteiger charge is 2.37. The van der Waals surface area contributed by atoms with Crippen LogP contribution in [0.1, 0.15) is 18.4 Å². The minimum atomic E-state index is -0.472. The van der Waals surface area contributed by atoms with E-state index in [1.165, 1.54) is 38.1 Å². The Morgan fingerprint density at radius 2 is 1.72 bits per heavy atom. The molecule has 152 valence electrons. The van der Waals surface area contributed by atoms with Crippen molar-refractivity contribution in [2.24, 2.45) is 10.1 Å². The first-order chi connectivity index (χ1) is 14.0. The van der Waals surface area contributed by atoms with Crippen LogP contribution in [0.4, 0.5) is 0 Å². The number of aliphatic imine (C=N–C) groups is 1. The predicted molar refractivity (Wildman–Crippen MR) is 112 cm³/mol. The van der Waals surface area contributed by atoms with Crippen LogP contribution in [0.5, 0.6) is 17.2 Å². The average molecular weight is 415 g/mol. The van der Waals surface area contributed by atoms with Gasteiger partial charge < -0.3 is 19.1 Å². The van der Waals surface area contributed by atoms with Crippen molar-refractivity contribution in [1.29, 1.82) is 5.41 Å². The Kier molecular flexibility index (Phi) is 5.18. The number of likely N-dealkylation sites (tertiary alicyclic amines) is 1. The number of carbonyl (C=O) groups is 1. The number of fused-ring (bicyclic) bond motifs is 1.